The lowest BCUT2D eigenvalue weighted by Gasteiger charge is -2.17. The summed E-state index contributed by atoms with van der Waals surface area (Å²) in [5.74, 6) is -1.28. The van der Waals surface area contributed by atoms with E-state index < -0.39 is 17.8 Å². The van der Waals surface area contributed by atoms with Gasteiger partial charge in [0, 0.05) is 6.07 Å². The molecule has 8 nitrogen and oxygen atoms in total. The summed E-state index contributed by atoms with van der Waals surface area (Å²) < 4.78 is 15.7. The van der Waals surface area contributed by atoms with Crippen LogP contribution in [0.2, 0.25) is 5.02 Å². The smallest absolute Gasteiger partial charge is 0.344 e. The second-order valence-corrected chi connectivity index (χ2v) is 5.96. The number of hydrogen-bond donors (Lipinski definition) is 2. The summed E-state index contributed by atoms with van der Waals surface area (Å²) >= 11 is 11.0. The Bertz CT molecular complexity index is 802. The van der Waals surface area contributed by atoms with E-state index in [1.807, 2.05) is 0 Å². The van der Waals surface area contributed by atoms with Crippen LogP contribution in [0.15, 0.2) is 17.7 Å². The maximum Gasteiger partial charge on any atom is 0.344 e. The van der Waals surface area contributed by atoms with E-state index in [0.717, 1.165) is 0 Å². The highest BCUT2D eigenvalue weighted by molar-refractivity contribution is 7.80. The summed E-state index contributed by atoms with van der Waals surface area (Å²) in [5, 5.41) is 4.80. The molecule has 1 aliphatic rings. The van der Waals surface area contributed by atoms with Gasteiger partial charge in [0.25, 0.3) is 11.8 Å². The Kier molecular flexibility index (Phi) is 7.14. The quantitative estimate of drug-likeness (QED) is 0.303. The molecule has 0 unspecified atom stereocenters. The number of benzene rings is 1. The van der Waals surface area contributed by atoms with Gasteiger partial charge in [-0.1, -0.05) is 11.6 Å². The molecule has 0 spiro atoms. The zero-order valence-corrected chi connectivity index (χ0v) is 16.2. The van der Waals surface area contributed by atoms with Crippen molar-refractivity contribution in [2.45, 2.75) is 13.8 Å². The zero-order valence-electron chi connectivity index (χ0n) is 14.6. The molecular weight excluding hydrogens is 396 g/mol. The normalized spacial score (nSPS) is 13.6. The molecule has 1 aromatic rings. The second kappa shape index (κ2) is 9.33. The Labute approximate surface area is 165 Å². The molecule has 1 heterocycles. The molecule has 0 saturated carbocycles. The second-order valence-electron chi connectivity index (χ2n) is 5.14. The van der Waals surface area contributed by atoms with Crippen LogP contribution in [0.5, 0.6) is 11.5 Å². The van der Waals surface area contributed by atoms with E-state index >= 15 is 0 Å². The van der Waals surface area contributed by atoms with Gasteiger partial charge in [0.15, 0.2) is 23.2 Å². The van der Waals surface area contributed by atoms with Crippen LogP contribution in [0.4, 0.5) is 0 Å². The molecule has 2 N–H and O–H groups in total. The Morgan fingerprint density at radius 3 is 2.33 bits per heavy atom. The molecule has 0 bridgehead atoms. The maximum absolute atomic E-state index is 12.0. The summed E-state index contributed by atoms with van der Waals surface area (Å²) in [4.78, 5) is 35.4. The van der Waals surface area contributed by atoms with E-state index in [1.54, 1.807) is 13.8 Å². The number of carbonyl (C=O) groups excluding carboxylic acids is 3. The minimum Gasteiger partial charge on any atom is -0.490 e. The van der Waals surface area contributed by atoms with E-state index in [-0.39, 0.29) is 34.7 Å². The van der Waals surface area contributed by atoms with Crippen LogP contribution in [0.1, 0.15) is 19.4 Å². The third-order valence-corrected chi connectivity index (χ3v) is 3.79. The number of halogens is 1. The Morgan fingerprint density at radius 1 is 1.11 bits per heavy atom. The summed E-state index contributed by atoms with van der Waals surface area (Å²) in [6, 6.07) is 2.94. The lowest BCUT2D eigenvalue weighted by molar-refractivity contribution is -0.145. The first-order valence-corrected chi connectivity index (χ1v) is 8.77. The van der Waals surface area contributed by atoms with Gasteiger partial charge in [-0.2, -0.15) is 0 Å². The number of amides is 2. The van der Waals surface area contributed by atoms with E-state index in [9.17, 15) is 14.4 Å². The van der Waals surface area contributed by atoms with Crippen molar-refractivity contribution in [1.29, 1.82) is 0 Å². The average Bonchev–Trinajstić information content (AvgIpc) is 2.59. The maximum atomic E-state index is 12.0. The molecule has 0 aliphatic carbocycles. The molecule has 0 aromatic heterocycles. The predicted octanol–water partition coefficient (Wildman–Crippen LogP) is 1.59. The number of esters is 1. The van der Waals surface area contributed by atoms with Crippen molar-refractivity contribution in [2.24, 2.45) is 0 Å². The standard InChI is InChI=1S/C17H17ClN2O6S/c1-3-24-12-6-9(5-10-15(22)19-17(27)20-16(10)23)11(18)7-13(12)26-8-14(21)25-4-2/h5-7H,3-4,8H2,1-2H3,(H2,19,20,22,23,27). The predicted molar refractivity (Wildman–Crippen MR) is 102 cm³/mol. The van der Waals surface area contributed by atoms with Gasteiger partial charge in [-0.3, -0.25) is 20.2 Å². The SMILES string of the molecule is CCOC(=O)COc1cc(Cl)c(C=C2C(=O)NC(=S)NC2=O)cc1OCC. The zero-order chi connectivity index (χ0) is 20.0. The summed E-state index contributed by atoms with van der Waals surface area (Å²) in [7, 11) is 0. The molecule has 2 rings (SSSR count). The molecular formula is C17H17ClN2O6S. The van der Waals surface area contributed by atoms with Crippen LogP contribution < -0.4 is 20.1 Å². The number of carbonyl (C=O) groups is 3. The van der Waals surface area contributed by atoms with E-state index in [0.29, 0.717) is 17.9 Å². The molecule has 1 fully saturated rings. The summed E-state index contributed by atoms with van der Waals surface area (Å²) in [5.41, 5.74) is 0.199. The van der Waals surface area contributed by atoms with Gasteiger partial charge in [-0.25, -0.2) is 4.79 Å². The van der Waals surface area contributed by atoms with Crippen LogP contribution in [0.3, 0.4) is 0 Å². The molecule has 1 saturated heterocycles. The van der Waals surface area contributed by atoms with Crippen molar-refractivity contribution >= 4 is 52.8 Å². The number of thiocarbonyl (C=S) groups is 1. The Hall–Kier alpha value is -2.65. The highest BCUT2D eigenvalue weighted by Gasteiger charge is 2.26. The number of rotatable bonds is 7. The van der Waals surface area contributed by atoms with E-state index in [1.165, 1.54) is 18.2 Å². The van der Waals surface area contributed by atoms with Crippen LogP contribution >= 0.6 is 23.8 Å². The fourth-order valence-corrected chi connectivity index (χ4v) is 2.54. The minimum absolute atomic E-state index is 0.0639. The molecule has 0 atom stereocenters. The minimum atomic E-state index is -0.639. The van der Waals surface area contributed by atoms with E-state index in [2.05, 4.69) is 10.6 Å². The van der Waals surface area contributed by atoms with Crippen molar-refractivity contribution in [3.05, 3.63) is 28.3 Å². The molecule has 144 valence electrons. The fourth-order valence-electron chi connectivity index (χ4n) is 2.14. The van der Waals surface area contributed by atoms with Gasteiger partial charge < -0.3 is 14.2 Å². The number of hydrogen-bond acceptors (Lipinski definition) is 7. The highest BCUT2D eigenvalue weighted by Crippen LogP contribution is 2.35. The Balaban J connectivity index is 2.33. The van der Waals surface area contributed by atoms with Crippen LogP contribution in [0.25, 0.3) is 6.08 Å². The van der Waals surface area contributed by atoms with Crippen molar-refractivity contribution in [3.8, 4) is 11.5 Å². The average molecular weight is 413 g/mol. The molecule has 27 heavy (non-hydrogen) atoms. The van der Waals surface area contributed by atoms with Gasteiger partial charge >= 0.3 is 5.97 Å². The third-order valence-electron chi connectivity index (χ3n) is 3.26. The fraction of sp³-hybridized carbons (Fsp3) is 0.294. The molecule has 1 aromatic carbocycles. The lowest BCUT2D eigenvalue weighted by Crippen LogP contribution is -2.51. The van der Waals surface area contributed by atoms with Gasteiger partial charge in [0.1, 0.15) is 5.57 Å². The van der Waals surface area contributed by atoms with Crippen molar-refractivity contribution in [3.63, 3.8) is 0 Å². The molecule has 10 heteroatoms. The first-order valence-electron chi connectivity index (χ1n) is 7.98. The van der Waals surface area contributed by atoms with Gasteiger partial charge in [-0.05, 0) is 43.8 Å². The number of ether oxygens (including phenoxy) is 3. The lowest BCUT2D eigenvalue weighted by atomic mass is 10.1. The first kappa shape index (κ1) is 20.7. The van der Waals surface area contributed by atoms with Crippen molar-refractivity contribution < 1.29 is 28.6 Å². The molecule has 1 aliphatic heterocycles. The summed E-state index contributed by atoms with van der Waals surface area (Å²) in [6.45, 7) is 3.70. The van der Waals surface area contributed by atoms with Crippen LogP contribution in [-0.2, 0) is 19.1 Å². The molecule has 2 amide bonds. The van der Waals surface area contributed by atoms with Gasteiger partial charge in [0.2, 0.25) is 0 Å². The highest BCUT2D eigenvalue weighted by atomic mass is 35.5. The van der Waals surface area contributed by atoms with Crippen molar-refractivity contribution in [2.75, 3.05) is 19.8 Å². The van der Waals surface area contributed by atoms with E-state index in [4.69, 9.17) is 38.0 Å². The van der Waals surface area contributed by atoms with Crippen LogP contribution in [0, 0.1) is 0 Å². The van der Waals surface area contributed by atoms with Gasteiger partial charge in [0.05, 0.1) is 18.2 Å². The van der Waals surface area contributed by atoms with Crippen molar-refractivity contribution in [1.82, 2.24) is 10.6 Å². The van der Waals surface area contributed by atoms with Crippen LogP contribution in [-0.4, -0.2) is 42.7 Å². The third kappa shape index (κ3) is 5.41. The molecule has 0 radical (unpaired) electrons. The van der Waals surface area contributed by atoms with Gasteiger partial charge in [-0.15, -0.1) is 0 Å². The summed E-state index contributed by atoms with van der Waals surface area (Å²) in [6.07, 6.45) is 1.31. The topological polar surface area (TPSA) is 103 Å². The number of nitrogens with one attached hydrogen (secondary N) is 2. The first-order chi connectivity index (χ1) is 12.8. The largest absolute Gasteiger partial charge is 0.490 e. The monoisotopic (exact) mass is 412 g/mol. The Morgan fingerprint density at radius 2 is 1.74 bits per heavy atom.